The number of amides is 1. The number of nitrogens with zero attached hydrogens (tertiary/aromatic N) is 1. The van der Waals surface area contributed by atoms with Gasteiger partial charge in [-0.1, -0.05) is 310 Å². The SMILES string of the molecule is CC/C=C\C/C=C\C/C=C\C/C=C\C/C=C\CCCCCCCCCCCCCCCCCCCCCCCCCCCC(=O)NC(COP(=O)([O-])OCC[N+](C)(C)C)C(O)/C=C/CC/C=C/CC/C=C/CCCCCCCCCCC. The van der Waals surface area contributed by atoms with Gasteiger partial charge in [0.05, 0.1) is 39.9 Å². The molecule has 476 valence electrons. The van der Waals surface area contributed by atoms with Crippen LogP contribution in [0.3, 0.4) is 0 Å². The van der Waals surface area contributed by atoms with Crippen molar-refractivity contribution in [2.24, 2.45) is 0 Å². The lowest BCUT2D eigenvalue weighted by molar-refractivity contribution is -0.870. The summed E-state index contributed by atoms with van der Waals surface area (Å²) in [5, 5.41) is 13.9. The minimum atomic E-state index is -4.61. The highest BCUT2D eigenvalue weighted by Gasteiger charge is 2.23. The number of nitrogens with one attached hydrogen (secondary N) is 1. The maximum atomic E-state index is 13.0. The second kappa shape index (κ2) is 62.9. The Morgan fingerprint density at radius 2 is 0.756 bits per heavy atom. The van der Waals surface area contributed by atoms with Gasteiger partial charge in [0.25, 0.3) is 7.82 Å². The van der Waals surface area contributed by atoms with E-state index in [0.29, 0.717) is 17.4 Å². The predicted octanol–water partition coefficient (Wildman–Crippen LogP) is 21.5. The van der Waals surface area contributed by atoms with Gasteiger partial charge < -0.3 is 28.8 Å². The van der Waals surface area contributed by atoms with Crippen LogP contribution in [0.4, 0.5) is 0 Å². The molecule has 0 saturated carbocycles. The summed E-state index contributed by atoms with van der Waals surface area (Å²) in [6.07, 6.45) is 91.1. The number of hydrogen-bond donors (Lipinski definition) is 2. The molecular weight excluding hydrogens is 1030 g/mol. The number of phosphoric ester groups is 1. The first kappa shape index (κ1) is 79.4. The maximum Gasteiger partial charge on any atom is 0.268 e. The van der Waals surface area contributed by atoms with Crippen molar-refractivity contribution in [3.63, 3.8) is 0 Å². The molecule has 0 radical (unpaired) electrons. The molecule has 0 spiro atoms. The van der Waals surface area contributed by atoms with Crippen molar-refractivity contribution in [2.45, 2.75) is 321 Å². The van der Waals surface area contributed by atoms with E-state index < -0.39 is 26.6 Å². The van der Waals surface area contributed by atoms with Crippen molar-refractivity contribution >= 4 is 13.7 Å². The molecule has 9 heteroatoms. The number of rotatable bonds is 63. The third-order valence-electron chi connectivity index (χ3n) is 15.3. The van der Waals surface area contributed by atoms with Crippen molar-refractivity contribution in [3.8, 4) is 0 Å². The lowest BCUT2D eigenvalue weighted by Crippen LogP contribution is -2.45. The van der Waals surface area contributed by atoms with Gasteiger partial charge in [0.1, 0.15) is 13.2 Å². The molecule has 0 heterocycles. The number of likely N-dealkylation sites (N-methyl/N-ethyl adjacent to an activating group) is 1. The van der Waals surface area contributed by atoms with Crippen LogP contribution in [0, 0.1) is 0 Å². The molecule has 3 unspecified atom stereocenters. The molecule has 82 heavy (non-hydrogen) atoms. The van der Waals surface area contributed by atoms with Crippen LogP contribution in [0.5, 0.6) is 0 Å². The smallest absolute Gasteiger partial charge is 0.268 e. The van der Waals surface area contributed by atoms with Crippen LogP contribution in [-0.4, -0.2) is 68.5 Å². The van der Waals surface area contributed by atoms with Crippen molar-refractivity contribution < 1.29 is 32.9 Å². The van der Waals surface area contributed by atoms with Crippen LogP contribution in [-0.2, 0) is 18.4 Å². The van der Waals surface area contributed by atoms with Crippen LogP contribution in [0.1, 0.15) is 309 Å². The van der Waals surface area contributed by atoms with Gasteiger partial charge in [-0.2, -0.15) is 0 Å². The van der Waals surface area contributed by atoms with Crippen molar-refractivity contribution in [3.05, 3.63) is 97.2 Å². The fourth-order valence-corrected chi connectivity index (χ4v) is 10.6. The first-order valence-electron chi connectivity index (χ1n) is 34.6. The largest absolute Gasteiger partial charge is 0.756 e. The monoisotopic (exact) mass is 1160 g/mol. The average Bonchev–Trinajstić information content (AvgIpc) is 3.47. The summed E-state index contributed by atoms with van der Waals surface area (Å²) in [7, 11) is 1.24. The first-order chi connectivity index (χ1) is 40.0. The van der Waals surface area contributed by atoms with Crippen LogP contribution < -0.4 is 10.2 Å². The molecule has 0 bridgehead atoms. The van der Waals surface area contributed by atoms with Gasteiger partial charge in [0, 0.05) is 6.42 Å². The molecule has 0 aliphatic carbocycles. The highest BCUT2D eigenvalue weighted by Crippen LogP contribution is 2.38. The van der Waals surface area contributed by atoms with Crippen LogP contribution in [0.2, 0.25) is 0 Å². The summed E-state index contributed by atoms with van der Waals surface area (Å²) in [5.41, 5.74) is 0. The Labute approximate surface area is 509 Å². The summed E-state index contributed by atoms with van der Waals surface area (Å²) < 4.78 is 23.4. The number of hydrogen-bond acceptors (Lipinski definition) is 6. The number of carbonyl (C=O) groups excluding carboxylic acids is 1. The number of aliphatic hydroxyl groups is 1. The minimum absolute atomic E-state index is 0.0101. The lowest BCUT2D eigenvalue weighted by atomic mass is 10.0. The van der Waals surface area contributed by atoms with Gasteiger partial charge >= 0.3 is 0 Å². The molecule has 0 saturated heterocycles. The quantitative estimate of drug-likeness (QED) is 0.0272. The van der Waals surface area contributed by atoms with Gasteiger partial charge in [-0.25, -0.2) is 0 Å². The highest BCUT2D eigenvalue weighted by atomic mass is 31.2. The fourth-order valence-electron chi connectivity index (χ4n) is 9.92. The second-order valence-corrected chi connectivity index (χ2v) is 25.9. The molecule has 2 N–H and O–H groups in total. The minimum Gasteiger partial charge on any atom is -0.756 e. The normalized spacial score (nSPS) is 14.3. The Bertz CT molecular complexity index is 1660. The number of unbranched alkanes of at least 4 members (excludes halogenated alkanes) is 36. The van der Waals surface area contributed by atoms with Gasteiger partial charge in [0.15, 0.2) is 0 Å². The maximum absolute atomic E-state index is 13.0. The molecule has 0 rings (SSSR count). The van der Waals surface area contributed by atoms with Crippen LogP contribution in [0.25, 0.3) is 0 Å². The van der Waals surface area contributed by atoms with E-state index in [1.54, 1.807) is 6.08 Å². The van der Waals surface area contributed by atoms with E-state index in [-0.39, 0.29) is 12.5 Å². The van der Waals surface area contributed by atoms with E-state index in [1.807, 2.05) is 27.2 Å². The van der Waals surface area contributed by atoms with E-state index in [1.165, 1.54) is 212 Å². The van der Waals surface area contributed by atoms with Gasteiger partial charge in [0.2, 0.25) is 5.91 Å². The Balaban J connectivity index is 3.97. The lowest BCUT2D eigenvalue weighted by Gasteiger charge is -2.29. The second-order valence-electron chi connectivity index (χ2n) is 24.5. The molecule has 3 atom stereocenters. The fraction of sp³-hybridized carbons (Fsp3) is 0.767. The standard InChI is InChI=1S/C73H133N2O6P/c1-6-8-10-12-14-16-18-20-22-24-26-27-28-29-30-31-32-33-34-35-36-37-38-39-40-41-42-43-44-45-46-47-49-51-53-55-57-59-61-63-65-67-73(77)74-71(70-81-82(78,79)80-69-68-75(3,4)5)72(76)66-64-62-60-58-56-54-52-50-48-25-23-21-19-17-15-13-11-9-7-2/h8,10,14,16,20,22,26-27,29-30,48,50,56,58,64,66,71-72,76H,6-7,9,11-13,15,17-19,21,23-25,28,31-47,49,51-55,57,59-63,65,67-70H2,1-5H3,(H-,74,77,78,79)/b10-8-,16-14-,22-20-,27-26-,30-29-,50-48+,58-56+,66-64+. The van der Waals surface area contributed by atoms with Crippen molar-refractivity contribution in [2.75, 3.05) is 40.9 Å². The molecule has 0 aromatic carbocycles. The number of allylic oxidation sites excluding steroid dienone is 15. The molecule has 1 amide bonds. The molecule has 0 aliphatic heterocycles. The number of phosphoric acid groups is 1. The average molecular weight is 1170 g/mol. The summed E-state index contributed by atoms with van der Waals surface area (Å²) in [4.78, 5) is 25.6. The third kappa shape index (κ3) is 65.0. The van der Waals surface area contributed by atoms with Crippen molar-refractivity contribution in [1.82, 2.24) is 5.32 Å². The number of carbonyl (C=O) groups is 1. The first-order valence-corrected chi connectivity index (χ1v) is 36.1. The van der Waals surface area contributed by atoms with Gasteiger partial charge in [-0.3, -0.25) is 9.36 Å². The van der Waals surface area contributed by atoms with E-state index in [0.717, 1.165) is 77.0 Å². The molecule has 0 aliphatic rings. The summed E-state index contributed by atoms with van der Waals surface area (Å²) in [5.74, 6) is -0.208. The van der Waals surface area contributed by atoms with Crippen LogP contribution >= 0.6 is 7.82 Å². The molecular formula is C73H133N2O6P. The zero-order valence-electron chi connectivity index (χ0n) is 54.4. The summed E-state index contributed by atoms with van der Waals surface area (Å²) in [6.45, 7) is 4.52. The zero-order chi connectivity index (χ0) is 59.8. The Hall–Kier alpha value is -2.58. The zero-order valence-corrected chi connectivity index (χ0v) is 55.3. The molecule has 0 aromatic heterocycles. The number of aliphatic hydroxyl groups excluding tert-OH is 1. The summed E-state index contributed by atoms with van der Waals surface area (Å²) in [6, 6.07) is -0.913. The van der Waals surface area contributed by atoms with E-state index in [2.05, 4.69) is 104 Å². The topological polar surface area (TPSA) is 108 Å². The van der Waals surface area contributed by atoms with Crippen LogP contribution in [0.15, 0.2) is 97.2 Å². The van der Waals surface area contributed by atoms with E-state index in [9.17, 15) is 19.4 Å². The Kier molecular flexibility index (Phi) is 61.0. The predicted molar refractivity (Wildman–Crippen MR) is 357 cm³/mol. The Morgan fingerprint density at radius 3 is 1.13 bits per heavy atom. The third-order valence-corrected chi connectivity index (χ3v) is 16.2. The highest BCUT2D eigenvalue weighted by molar-refractivity contribution is 7.45. The molecule has 0 fully saturated rings. The molecule has 8 nitrogen and oxygen atoms in total. The molecule has 0 aromatic rings. The summed E-state index contributed by atoms with van der Waals surface area (Å²) >= 11 is 0. The number of quaternary nitrogens is 1. The van der Waals surface area contributed by atoms with Gasteiger partial charge in [-0.05, 0) is 89.9 Å². The van der Waals surface area contributed by atoms with Gasteiger partial charge in [-0.15, -0.1) is 0 Å². The van der Waals surface area contributed by atoms with Crippen molar-refractivity contribution in [1.29, 1.82) is 0 Å². The van der Waals surface area contributed by atoms with E-state index >= 15 is 0 Å². The Morgan fingerprint density at radius 1 is 0.439 bits per heavy atom. The van der Waals surface area contributed by atoms with E-state index in [4.69, 9.17) is 9.05 Å².